The van der Waals surface area contributed by atoms with Gasteiger partial charge in [-0.25, -0.2) is 13.4 Å². The van der Waals surface area contributed by atoms with Gasteiger partial charge in [0.15, 0.2) is 9.84 Å². The maximum Gasteiger partial charge on any atom is 0.222 e. The van der Waals surface area contributed by atoms with Crippen molar-refractivity contribution in [2.24, 2.45) is 0 Å². The number of sulfone groups is 1. The second-order valence-corrected chi connectivity index (χ2v) is 10.6. The number of benzene rings is 2. The lowest BCUT2D eigenvalue weighted by Crippen LogP contribution is -2.13. The van der Waals surface area contributed by atoms with Crippen LogP contribution in [0, 0.1) is 6.92 Å². The van der Waals surface area contributed by atoms with Crippen molar-refractivity contribution < 1.29 is 8.42 Å². The predicted molar refractivity (Wildman–Crippen MR) is 127 cm³/mol. The molecule has 1 aromatic heterocycles. The van der Waals surface area contributed by atoms with E-state index in [1.165, 1.54) is 0 Å². The van der Waals surface area contributed by atoms with Gasteiger partial charge in [0, 0.05) is 23.2 Å². The van der Waals surface area contributed by atoms with Crippen molar-refractivity contribution in [1.82, 2.24) is 9.97 Å². The van der Waals surface area contributed by atoms with Gasteiger partial charge in [-0.2, -0.15) is 4.98 Å². The van der Waals surface area contributed by atoms with Crippen LogP contribution >= 0.6 is 11.6 Å². The molecule has 2 aromatic carbocycles. The molecule has 164 valence electrons. The SMILES string of the molecule is Cc1c(Cl)cccc1-c1cc(NCCCc2ccc(S(=O)(=O)C(C)C)cc2)nc(N)n1. The number of rotatable bonds is 8. The molecule has 0 spiro atoms. The molecule has 8 heteroatoms. The van der Waals surface area contributed by atoms with E-state index in [0.717, 1.165) is 35.2 Å². The van der Waals surface area contributed by atoms with Crippen molar-refractivity contribution in [3.05, 3.63) is 64.7 Å². The van der Waals surface area contributed by atoms with Gasteiger partial charge in [-0.15, -0.1) is 0 Å². The second-order valence-electron chi connectivity index (χ2n) is 7.68. The fourth-order valence-corrected chi connectivity index (χ4v) is 4.44. The van der Waals surface area contributed by atoms with Gasteiger partial charge in [0.1, 0.15) is 5.82 Å². The van der Waals surface area contributed by atoms with Crippen molar-refractivity contribution in [2.45, 2.75) is 43.8 Å². The van der Waals surface area contributed by atoms with Crippen LogP contribution in [0.1, 0.15) is 31.4 Å². The molecule has 6 nitrogen and oxygen atoms in total. The summed E-state index contributed by atoms with van der Waals surface area (Å²) in [6.07, 6.45) is 1.67. The highest BCUT2D eigenvalue weighted by Crippen LogP contribution is 2.28. The number of nitrogen functional groups attached to an aromatic ring is 1. The summed E-state index contributed by atoms with van der Waals surface area (Å²) in [5, 5.41) is 3.54. The Hall–Kier alpha value is -2.64. The Balaban J connectivity index is 1.61. The highest BCUT2D eigenvalue weighted by Gasteiger charge is 2.18. The van der Waals surface area contributed by atoms with Gasteiger partial charge in [-0.1, -0.05) is 35.9 Å². The number of nitrogens with one attached hydrogen (secondary N) is 1. The lowest BCUT2D eigenvalue weighted by Gasteiger charge is -2.11. The molecule has 0 unspecified atom stereocenters. The average molecular weight is 459 g/mol. The monoisotopic (exact) mass is 458 g/mol. The van der Waals surface area contributed by atoms with Gasteiger partial charge in [-0.05, 0) is 62.9 Å². The molecule has 0 aliphatic carbocycles. The molecule has 0 saturated carbocycles. The molecule has 3 rings (SSSR count). The molecule has 31 heavy (non-hydrogen) atoms. The lowest BCUT2D eigenvalue weighted by atomic mass is 10.1. The van der Waals surface area contributed by atoms with Crippen LogP contribution in [0.2, 0.25) is 5.02 Å². The first-order chi connectivity index (χ1) is 14.7. The zero-order valence-electron chi connectivity index (χ0n) is 17.9. The van der Waals surface area contributed by atoms with E-state index in [0.29, 0.717) is 22.3 Å². The van der Waals surface area contributed by atoms with Crippen LogP contribution in [-0.4, -0.2) is 30.2 Å². The summed E-state index contributed by atoms with van der Waals surface area (Å²) < 4.78 is 24.4. The summed E-state index contributed by atoms with van der Waals surface area (Å²) >= 11 is 6.23. The topological polar surface area (TPSA) is 98.0 Å². The maximum atomic E-state index is 12.2. The smallest absolute Gasteiger partial charge is 0.222 e. The molecular weight excluding hydrogens is 432 g/mol. The number of halogens is 1. The first-order valence-electron chi connectivity index (χ1n) is 10.1. The van der Waals surface area contributed by atoms with Crippen LogP contribution < -0.4 is 11.1 Å². The van der Waals surface area contributed by atoms with E-state index < -0.39 is 15.1 Å². The summed E-state index contributed by atoms with van der Waals surface area (Å²) in [5.41, 5.74) is 9.57. The van der Waals surface area contributed by atoms with E-state index in [1.807, 2.05) is 43.3 Å². The van der Waals surface area contributed by atoms with Gasteiger partial charge in [0.2, 0.25) is 5.95 Å². The number of hydrogen-bond donors (Lipinski definition) is 2. The van der Waals surface area contributed by atoms with Crippen LogP contribution in [0.3, 0.4) is 0 Å². The Morgan fingerprint density at radius 2 is 1.81 bits per heavy atom. The fraction of sp³-hybridized carbons (Fsp3) is 0.304. The van der Waals surface area contributed by atoms with Crippen molar-refractivity contribution in [3.8, 4) is 11.3 Å². The van der Waals surface area contributed by atoms with Gasteiger partial charge >= 0.3 is 0 Å². The highest BCUT2D eigenvalue weighted by molar-refractivity contribution is 7.92. The summed E-state index contributed by atoms with van der Waals surface area (Å²) in [6, 6.07) is 14.7. The zero-order valence-corrected chi connectivity index (χ0v) is 19.5. The Morgan fingerprint density at radius 3 is 2.48 bits per heavy atom. The van der Waals surface area contributed by atoms with E-state index in [9.17, 15) is 8.42 Å². The molecule has 0 atom stereocenters. The van der Waals surface area contributed by atoms with Gasteiger partial charge in [-0.3, -0.25) is 0 Å². The van der Waals surface area contributed by atoms with E-state index in [4.69, 9.17) is 17.3 Å². The molecule has 0 aliphatic rings. The van der Waals surface area contributed by atoms with E-state index >= 15 is 0 Å². The molecule has 0 amide bonds. The van der Waals surface area contributed by atoms with Crippen LogP contribution in [0.5, 0.6) is 0 Å². The number of nitrogens with zero attached hydrogens (tertiary/aromatic N) is 2. The standard InChI is InChI=1S/C23H27ClN4O2S/c1-15(2)31(29,30)18-11-9-17(10-12-18)6-5-13-26-22-14-21(27-23(25)28-22)19-7-4-8-20(24)16(19)3/h4,7-12,14-15H,5-6,13H2,1-3H3,(H3,25,26,27,28). The number of aryl methyl sites for hydroxylation is 1. The van der Waals surface area contributed by atoms with Crippen LogP contribution in [0.15, 0.2) is 53.4 Å². The van der Waals surface area contributed by atoms with Gasteiger partial charge in [0.05, 0.1) is 15.8 Å². The molecule has 0 bridgehead atoms. The third kappa shape index (κ3) is 5.54. The number of hydrogen-bond acceptors (Lipinski definition) is 6. The third-order valence-electron chi connectivity index (χ3n) is 5.11. The largest absolute Gasteiger partial charge is 0.370 e. The Morgan fingerprint density at radius 1 is 1.10 bits per heavy atom. The fourth-order valence-electron chi connectivity index (χ4n) is 3.21. The maximum absolute atomic E-state index is 12.2. The molecule has 0 aliphatic heterocycles. The van der Waals surface area contributed by atoms with E-state index in [2.05, 4.69) is 15.3 Å². The number of aromatic nitrogens is 2. The molecule has 0 radical (unpaired) electrons. The zero-order chi connectivity index (χ0) is 22.6. The van der Waals surface area contributed by atoms with Crippen molar-refractivity contribution in [2.75, 3.05) is 17.6 Å². The Labute approximate surface area is 188 Å². The summed E-state index contributed by atoms with van der Waals surface area (Å²) in [6.45, 7) is 6.01. The minimum Gasteiger partial charge on any atom is -0.370 e. The summed E-state index contributed by atoms with van der Waals surface area (Å²) in [5.74, 6) is 0.849. The summed E-state index contributed by atoms with van der Waals surface area (Å²) in [7, 11) is -3.24. The second kappa shape index (κ2) is 9.66. The van der Waals surface area contributed by atoms with E-state index in [-0.39, 0.29) is 5.95 Å². The molecule has 3 aromatic rings. The lowest BCUT2D eigenvalue weighted by molar-refractivity contribution is 0.587. The van der Waals surface area contributed by atoms with Crippen molar-refractivity contribution in [3.63, 3.8) is 0 Å². The van der Waals surface area contributed by atoms with Crippen molar-refractivity contribution >= 4 is 33.2 Å². The molecular formula is C23H27ClN4O2S. The minimum absolute atomic E-state index is 0.196. The number of anilines is 2. The van der Waals surface area contributed by atoms with E-state index in [1.54, 1.807) is 26.0 Å². The Kier molecular flexibility index (Phi) is 7.18. The first kappa shape index (κ1) is 23.0. The number of nitrogens with two attached hydrogens (primary N) is 1. The quantitative estimate of drug-likeness (QED) is 0.465. The Bertz CT molecular complexity index is 1160. The van der Waals surface area contributed by atoms with Crippen LogP contribution in [-0.2, 0) is 16.3 Å². The van der Waals surface area contributed by atoms with Crippen molar-refractivity contribution in [1.29, 1.82) is 0 Å². The normalized spacial score (nSPS) is 11.6. The van der Waals surface area contributed by atoms with Gasteiger partial charge in [0.25, 0.3) is 0 Å². The van der Waals surface area contributed by atoms with Gasteiger partial charge < -0.3 is 11.1 Å². The molecule has 0 saturated heterocycles. The highest BCUT2D eigenvalue weighted by atomic mass is 35.5. The molecule has 0 fully saturated rings. The first-order valence-corrected chi connectivity index (χ1v) is 12.1. The van der Waals surface area contributed by atoms with Crippen LogP contribution in [0.4, 0.5) is 11.8 Å². The third-order valence-corrected chi connectivity index (χ3v) is 7.69. The predicted octanol–water partition coefficient (Wildman–Crippen LogP) is 4.91. The average Bonchev–Trinajstić information content (AvgIpc) is 2.73. The minimum atomic E-state index is -3.24. The summed E-state index contributed by atoms with van der Waals surface area (Å²) in [4.78, 5) is 8.97. The molecule has 1 heterocycles. The molecule has 3 N–H and O–H groups in total. The van der Waals surface area contributed by atoms with Crippen LogP contribution in [0.25, 0.3) is 11.3 Å².